The number of benzene rings is 1. The third kappa shape index (κ3) is 7.18. The summed E-state index contributed by atoms with van der Waals surface area (Å²) in [5, 5.41) is 15.7. The number of carbonyl (C=O) groups is 4. The lowest BCUT2D eigenvalue weighted by molar-refractivity contribution is -0.123. The topological polar surface area (TPSA) is 137 Å². The molecular weight excluding hydrogens is 440 g/mol. The highest BCUT2D eigenvalue weighted by molar-refractivity contribution is 5.99. The average molecular weight is 475 g/mol. The van der Waals surface area contributed by atoms with Crippen molar-refractivity contribution >= 4 is 29.9 Å². The third-order valence-corrected chi connectivity index (χ3v) is 6.18. The summed E-state index contributed by atoms with van der Waals surface area (Å²) in [5.41, 5.74) is 1.09. The van der Waals surface area contributed by atoms with Crippen LogP contribution in [-0.4, -0.2) is 72.0 Å². The number of ether oxygens (including phenoxy) is 1. The lowest BCUT2D eigenvalue weighted by Crippen LogP contribution is -2.46. The van der Waals surface area contributed by atoms with Crippen LogP contribution in [0.25, 0.3) is 0 Å². The molecule has 0 spiro atoms. The van der Waals surface area contributed by atoms with Crippen LogP contribution in [-0.2, 0) is 14.4 Å². The zero-order chi connectivity index (χ0) is 24.7. The number of amides is 3. The summed E-state index contributed by atoms with van der Waals surface area (Å²) in [6, 6.07) is 5.68. The van der Waals surface area contributed by atoms with Crippen LogP contribution in [0.2, 0.25) is 0 Å². The normalized spacial score (nSPS) is 21.4. The standard InChI is InChI=1S/C23H32N4O4.CH2O2/c1-14(2)25-21(28)10-17-6-7-18(27(17)12-15-3-4-15)11-24-23(30)16-5-8-19-20(9-16)31-13-22(29)26-19;2-1-3/h5,8-9,14-15,17-18H,3-4,6-7,10-13H2,1-2H3,(H,24,30)(H,25,28)(H,26,29);1H,(H,2,3)/t17-,18+;/m1./s1. The first-order chi connectivity index (χ1) is 16.3. The summed E-state index contributed by atoms with van der Waals surface area (Å²) in [6.45, 7) is 5.23. The Morgan fingerprint density at radius 1 is 1.24 bits per heavy atom. The number of hydrogen-bond donors (Lipinski definition) is 4. The molecule has 1 aromatic carbocycles. The van der Waals surface area contributed by atoms with Crippen LogP contribution in [0.5, 0.6) is 5.75 Å². The monoisotopic (exact) mass is 474 g/mol. The molecule has 34 heavy (non-hydrogen) atoms. The summed E-state index contributed by atoms with van der Waals surface area (Å²) >= 11 is 0. The quantitative estimate of drug-likeness (QED) is 0.420. The predicted molar refractivity (Wildman–Crippen MR) is 126 cm³/mol. The second-order valence-electron chi connectivity index (χ2n) is 9.31. The van der Waals surface area contributed by atoms with Crippen molar-refractivity contribution in [1.82, 2.24) is 15.5 Å². The number of hydrogen-bond acceptors (Lipinski definition) is 6. The van der Waals surface area contributed by atoms with Gasteiger partial charge in [0, 0.05) is 43.2 Å². The Morgan fingerprint density at radius 2 is 1.94 bits per heavy atom. The summed E-state index contributed by atoms with van der Waals surface area (Å²) in [7, 11) is 0. The fraction of sp³-hybridized carbons (Fsp3) is 0.583. The second-order valence-corrected chi connectivity index (χ2v) is 9.31. The number of carboxylic acid groups (broad SMARTS) is 1. The van der Waals surface area contributed by atoms with E-state index in [2.05, 4.69) is 20.9 Å². The van der Waals surface area contributed by atoms with Crippen LogP contribution in [0, 0.1) is 5.92 Å². The summed E-state index contributed by atoms with van der Waals surface area (Å²) in [6.07, 6.45) is 4.98. The molecule has 0 radical (unpaired) electrons. The zero-order valence-corrected chi connectivity index (χ0v) is 19.7. The van der Waals surface area contributed by atoms with Crippen molar-refractivity contribution in [3.8, 4) is 5.75 Å². The van der Waals surface area contributed by atoms with E-state index in [1.807, 2.05) is 13.8 Å². The number of nitrogens with zero attached hydrogens (tertiary/aromatic N) is 1. The molecule has 2 fully saturated rings. The lowest BCUT2D eigenvalue weighted by atomic mass is 10.1. The van der Waals surface area contributed by atoms with E-state index in [1.165, 1.54) is 12.8 Å². The second kappa shape index (κ2) is 11.8. The van der Waals surface area contributed by atoms with Crippen molar-refractivity contribution in [2.75, 3.05) is 25.0 Å². The maximum absolute atomic E-state index is 12.7. The lowest BCUT2D eigenvalue weighted by Gasteiger charge is -2.30. The molecule has 4 rings (SSSR count). The molecule has 2 atom stereocenters. The molecule has 2 aliphatic heterocycles. The van der Waals surface area contributed by atoms with Gasteiger partial charge in [0.25, 0.3) is 18.3 Å². The van der Waals surface area contributed by atoms with Crippen LogP contribution in [0.1, 0.15) is 56.3 Å². The smallest absolute Gasteiger partial charge is 0.290 e. The number of rotatable bonds is 8. The maximum atomic E-state index is 12.7. The van der Waals surface area contributed by atoms with Gasteiger partial charge in [-0.25, -0.2) is 0 Å². The SMILES string of the molecule is CC(C)NC(=O)C[C@H]1CC[C@@H](CNC(=O)c2ccc3c(c2)OCC(=O)N3)N1CC1CC1.O=CO. The molecule has 0 aromatic heterocycles. The van der Waals surface area contributed by atoms with Crippen LogP contribution >= 0.6 is 0 Å². The van der Waals surface area contributed by atoms with Crippen molar-refractivity contribution in [3.05, 3.63) is 23.8 Å². The third-order valence-electron chi connectivity index (χ3n) is 6.18. The molecule has 3 amide bonds. The number of carbonyl (C=O) groups excluding carboxylic acids is 3. The van der Waals surface area contributed by atoms with E-state index >= 15 is 0 Å². The van der Waals surface area contributed by atoms with Crippen molar-refractivity contribution in [2.45, 2.75) is 64.1 Å². The first-order valence-electron chi connectivity index (χ1n) is 11.8. The molecule has 1 aromatic rings. The molecule has 3 aliphatic rings. The van der Waals surface area contributed by atoms with E-state index < -0.39 is 0 Å². The van der Waals surface area contributed by atoms with Crippen molar-refractivity contribution < 1.29 is 29.0 Å². The van der Waals surface area contributed by atoms with Gasteiger partial charge in [-0.2, -0.15) is 0 Å². The average Bonchev–Trinajstić information content (AvgIpc) is 3.53. The van der Waals surface area contributed by atoms with Gasteiger partial charge in [0.1, 0.15) is 5.75 Å². The highest BCUT2D eigenvalue weighted by atomic mass is 16.5. The molecule has 1 saturated carbocycles. The van der Waals surface area contributed by atoms with Gasteiger partial charge < -0.3 is 25.8 Å². The highest BCUT2D eigenvalue weighted by Crippen LogP contribution is 2.35. The molecule has 0 unspecified atom stereocenters. The van der Waals surface area contributed by atoms with Gasteiger partial charge in [0.2, 0.25) is 5.91 Å². The molecule has 186 valence electrons. The summed E-state index contributed by atoms with van der Waals surface area (Å²) in [5.74, 6) is 0.986. The Bertz CT molecular complexity index is 901. The van der Waals surface area contributed by atoms with Gasteiger partial charge in [-0.15, -0.1) is 0 Å². The molecule has 10 nitrogen and oxygen atoms in total. The van der Waals surface area contributed by atoms with E-state index in [4.69, 9.17) is 14.6 Å². The van der Waals surface area contributed by atoms with Crippen LogP contribution < -0.4 is 20.7 Å². The highest BCUT2D eigenvalue weighted by Gasteiger charge is 2.38. The number of nitrogens with one attached hydrogen (secondary N) is 3. The van der Waals surface area contributed by atoms with Gasteiger partial charge in [-0.05, 0) is 63.6 Å². The van der Waals surface area contributed by atoms with Gasteiger partial charge in [0.15, 0.2) is 6.61 Å². The van der Waals surface area contributed by atoms with E-state index in [0.717, 1.165) is 25.3 Å². The van der Waals surface area contributed by atoms with E-state index in [9.17, 15) is 14.4 Å². The van der Waals surface area contributed by atoms with Crippen molar-refractivity contribution in [2.24, 2.45) is 5.92 Å². The largest absolute Gasteiger partial charge is 0.483 e. The fourth-order valence-corrected chi connectivity index (χ4v) is 4.47. The van der Waals surface area contributed by atoms with Gasteiger partial charge >= 0.3 is 0 Å². The van der Waals surface area contributed by atoms with Crippen molar-refractivity contribution in [3.63, 3.8) is 0 Å². The van der Waals surface area contributed by atoms with Gasteiger partial charge in [-0.1, -0.05) is 0 Å². The van der Waals surface area contributed by atoms with Gasteiger partial charge in [-0.3, -0.25) is 24.1 Å². The maximum Gasteiger partial charge on any atom is 0.290 e. The van der Waals surface area contributed by atoms with Gasteiger partial charge in [0.05, 0.1) is 5.69 Å². The molecule has 0 bridgehead atoms. The molecule has 10 heteroatoms. The molecule has 4 N–H and O–H groups in total. The zero-order valence-electron chi connectivity index (χ0n) is 19.7. The molecule has 1 aliphatic carbocycles. The van der Waals surface area contributed by atoms with Crippen LogP contribution in [0.15, 0.2) is 18.2 Å². The van der Waals surface area contributed by atoms with E-state index in [1.54, 1.807) is 18.2 Å². The first kappa shape index (κ1) is 25.5. The van der Waals surface area contributed by atoms with Crippen molar-refractivity contribution in [1.29, 1.82) is 0 Å². The van der Waals surface area contributed by atoms with E-state index in [0.29, 0.717) is 30.0 Å². The Balaban J connectivity index is 0.00000103. The molecule has 1 saturated heterocycles. The van der Waals surface area contributed by atoms with Crippen LogP contribution in [0.3, 0.4) is 0 Å². The predicted octanol–water partition coefficient (Wildman–Crippen LogP) is 1.61. The number of fused-ring (bicyclic) bond motifs is 1. The van der Waals surface area contributed by atoms with Crippen LogP contribution in [0.4, 0.5) is 5.69 Å². The minimum atomic E-state index is -0.250. The molecule has 2 heterocycles. The van der Waals surface area contributed by atoms with E-state index in [-0.39, 0.29) is 48.9 Å². The Morgan fingerprint density at radius 3 is 2.62 bits per heavy atom. The molecular formula is C24H34N4O6. The Labute approximate surface area is 199 Å². The Hall–Kier alpha value is -3.14. The summed E-state index contributed by atoms with van der Waals surface area (Å²) < 4.78 is 5.41. The number of likely N-dealkylation sites (tertiary alicyclic amines) is 1. The number of anilines is 1. The summed E-state index contributed by atoms with van der Waals surface area (Å²) in [4.78, 5) is 47.3. The minimum Gasteiger partial charge on any atom is -0.483 e. The fourth-order valence-electron chi connectivity index (χ4n) is 4.47. The first-order valence-corrected chi connectivity index (χ1v) is 11.8. The Kier molecular flexibility index (Phi) is 8.86. The minimum absolute atomic E-state index is 0.0396.